The number of halogens is 1. The van der Waals surface area contributed by atoms with Crippen molar-refractivity contribution in [3.8, 4) is 0 Å². The first-order valence-corrected chi connectivity index (χ1v) is 7.95. The minimum Gasteiger partial charge on any atom is -0.355 e. The summed E-state index contributed by atoms with van der Waals surface area (Å²) < 4.78 is 0. The Kier molecular flexibility index (Phi) is 11.4. The molecule has 1 saturated heterocycles. The zero-order valence-corrected chi connectivity index (χ0v) is 14.1. The third-order valence-corrected chi connectivity index (χ3v) is 3.71. The fourth-order valence-electron chi connectivity index (χ4n) is 2.48. The highest BCUT2D eigenvalue weighted by Crippen LogP contribution is 2.18. The van der Waals surface area contributed by atoms with Crippen LogP contribution in [0.25, 0.3) is 0 Å². The Hall–Kier alpha value is -0.810. The Balaban J connectivity index is 0.00000400. The number of rotatable bonds is 8. The van der Waals surface area contributed by atoms with Crippen LogP contribution in [0, 0.1) is 5.92 Å². The molecule has 0 radical (unpaired) electrons. The Morgan fingerprint density at radius 2 is 1.71 bits per heavy atom. The lowest BCUT2D eigenvalue weighted by Crippen LogP contribution is -2.44. The molecule has 0 aromatic rings. The van der Waals surface area contributed by atoms with Crippen LogP contribution in [-0.2, 0) is 9.59 Å². The number of hydrogen-bond donors (Lipinski definition) is 2. The van der Waals surface area contributed by atoms with Crippen molar-refractivity contribution in [2.75, 3.05) is 32.7 Å². The van der Waals surface area contributed by atoms with E-state index in [4.69, 9.17) is 0 Å². The van der Waals surface area contributed by atoms with Gasteiger partial charge < -0.3 is 15.5 Å². The molecular formula is C15H30ClN3O2. The second kappa shape index (κ2) is 11.8. The smallest absolute Gasteiger partial charge is 0.223 e. The van der Waals surface area contributed by atoms with Crippen molar-refractivity contribution in [1.82, 2.24) is 15.5 Å². The zero-order valence-electron chi connectivity index (χ0n) is 13.3. The van der Waals surface area contributed by atoms with Crippen LogP contribution in [0.1, 0.15) is 46.0 Å². The van der Waals surface area contributed by atoms with Gasteiger partial charge in [-0.1, -0.05) is 13.8 Å². The standard InChI is InChI=1S/C15H29N3O2.ClH/c1-3-5-14(19)18-11-6-13(7-12-18)15(20)17-10-9-16-8-4-2;/h13,16H,3-12H2,1-2H3,(H,17,20);1H. The molecular weight excluding hydrogens is 290 g/mol. The minimum atomic E-state index is 0. The van der Waals surface area contributed by atoms with Gasteiger partial charge in [0.05, 0.1) is 0 Å². The van der Waals surface area contributed by atoms with Crippen molar-refractivity contribution in [2.45, 2.75) is 46.0 Å². The van der Waals surface area contributed by atoms with Crippen molar-refractivity contribution in [1.29, 1.82) is 0 Å². The largest absolute Gasteiger partial charge is 0.355 e. The molecule has 0 spiro atoms. The number of piperidine rings is 1. The molecule has 21 heavy (non-hydrogen) atoms. The lowest BCUT2D eigenvalue weighted by Gasteiger charge is -2.31. The van der Waals surface area contributed by atoms with Crippen molar-refractivity contribution in [3.05, 3.63) is 0 Å². The number of carbonyl (C=O) groups is 2. The van der Waals surface area contributed by atoms with Crippen molar-refractivity contribution in [3.63, 3.8) is 0 Å². The first-order valence-electron chi connectivity index (χ1n) is 7.95. The van der Waals surface area contributed by atoms with E-state index in [1.54, 1.807) is 0 Å². The number of nitrogens with zero attached hydrogens (tertiary/aromatic N) is 1. The molecule has 0 bridgehead atoms. The average molecular weight is 320 g/mol. The van der Waals surface area contributed by atoms with Crippen molar-refractivity contribution < 1.29 is 9.59 Å². The second-order valence-corrected chi connectivity index (χ2v) is 5.45. The molecule has 1 fully saturated rings. The summed E-state index contributed by atoms with van der Waals surface area (Å²) in [6.45, 7) is 8.11. The van der Waals surface area contributed by atoms with Gasteiger partial charge in [-0.3, -0.25) is 9.59 Å². The fourth-order valence-corrected chi connectivity index (χ4v) is 2.48. The molecule has 0 aromatic carbocycles. The molecule has 0 saturated carbocycles. The quantitative estimate of drug-likeness (QED) is 0.668. The monoisotopic (exact) mass is 319 g/mol. The van der Waals surface area contributed by atoms with E-state index >= 15 is 0 Å². The van der Waals surface area contributed by atoms with Gasteiger partial charge >= 0.3 is 0 Å². The van der Waals surface area contributed by atoms with Crippen molar-refractivity contribution in [2.24, 2.45) is 5.92 Å². The van der Waals surface area contributed by atoms with Gasteiger partial charge in [-0.15, -0.1) is 12.4 Å². The molecule has 6 heteroatoms. The van der Waals surface area contributed by atoms with Gasteiger partial charge in [-0.2, -0.15) is 0 Å². The van der Waals surface area contributed by atoms with E-state index in [2.05, 4.69) is 17.6 Å². The highest BCUT2D eigenvalue weighted by Gasteiger charge is 2.26. The molecule has 1 heterocycles. The van der Waals surface area contributed by atoms with Gasteiger partial charge in [0.1, 0.15) is 0 Å². The fraction of sp³-hybridized carbons (Fsp3) is 0.867. The molecule has 5 nitrogen and oxygen atoms in total. The summed E-state index contributed by atoms with van der Waals surface area (Å²) in [5, 5.41) is 6.24. The zero-order chi connectivity index (χ0) is 14.8. The lowest BCUT2D eigenvalue weighted by molar-refractivity contribution is -0.135. The Bertz CT molecular complexity index is 305. The van der Waals surface area contributed by atoms with E-state index < -0.39 is 0 Å². The summed E-state index contributed by atoms with van der Waals surface area (Å²) in [5.74, 6) is 0.452. The van der Waals surface area contributed by atoms with E-state index in [1.165, 1.54) is 0 Å². The third kappa shape index (κ3) is 7.67. The van der Waals surface area contributed by atoms with Crippen LogP contribution >= 0.6 is 12.4 Å². The van der Waals surface area contributed by atoms with Crippen LogP contribution in [0.3, 0.4) is 0 Å². The SMILES string of the molecule is CCCNCCNC(=O)C1CCN(C(=O)CCC)CC1.Cl. The van der Waals surface area contributed by atoms with E-state index in [9.17, 15) is 9.59 Å². The van der Waals surface area contributed by atoms with Gasteiger partial charge in [0.15, 0.2) is 0 Å². The topological polar surface area (TPSA) is 61.4 Å². The molecule has 0 aliphatic carbocycles. The summed E-state index contributed by atoms with van der Waals surface area (Å²) in [6, 6.07) is 0. The summed E-state index contributed by atoms with van der Waals surface area (Å²) in [7, 11) is 0. The molecule has 2 amide bonds. The Morgan fingerprint density at radius 3 is 2.29 bits per heavy atom. The van der Waals surface area contributed by atoms with E-state index in [0.717, 1.165) is 51.9 Å². The predicted molar refractivity (Wildman–Crippen MR) is 87.6 cm³/mol. The van der Waals surface area contributed by atoms with E-state index in [0.29, 0.717) is 13.0 Å². The highest BCUT2D eigenvalue weighted by molar-refractivity contribution is 5.85. The van der Waals surface area contributed by atoms with Gasteiger partial charge in [0.2, 0.25) is 11.8 Å². The molecule has 2 N–H and O–H groups in total. The molecule has 124 valence electrons. The van der Waals surface area contributed by atoms with Crippen LogP contribution in [0.15, 0.2) is 0 Å². The lowest BCUT2D eigenvalue weighted by atomic mass is 9.95. The molecule has 1 aliphatic heterocycles. The molecule has 1 rings (SSSR count). The number of likely N-dealkylation sites (tertiary alicyclic amines) is 1. The third-order valence-electron chi connectivity index (χ3n) is 3.71. The molecule has 0 aromatic heterocycles. The van der Waals surface area contributed by atoms with Crippen molar-refractivity contribution >= 4 is 24.2 Å². The van der Waals surface area contributed by atoms with Crippen LogP contribution < -0.4 is 10.6 Å². The maximum Gasteiger partial charge on any atom is 0.223 e. The summed E-state index contributed by atoms with van der Waals surface area (Å²) >= 11 is 0. The second-order valence-electron chi connectivity index (χ2n) is 5.45. The van der Waals surface area contributed by atoms with E-state index in [1.807, 2.05) is 11.8 Å². The number of carbonyl (C=O) groups excluding carboxylic acids is 2. The van der Waals surface area contributed by atoms with Gasteiger partial charge in [0.25, 0.3) is 0 Å². The van der Waals surface area contributed by atoms with Gasteiger partial charge in [-0.25, -0.2) is 0 Å². The summed E-state index contributed by atoms with van der Waals surface area (Å²) in [6.07, 6.45) is 4.22. The van der Waals surface area contributed by atoms with E-state index in [-0.39, 0.29) is 30.1 Å². The van der Waals surface area contributed by atoms with Crippen LogP contribution in [0.2, 0.25) is 0 Å². The normalized spacial score (nSPS) is 15.4. The number of hydrogen-bond acceptors (Lipinski definition) is 3. The highest BCUT2D eigenvalue weighted by atomic mass is 35.5. The summed E-state index contributed by atoms with van der Waals surface area (Å²) in [5.41, 5.74) is 0. The first kappa shape index (κ1) is 20.2. The number of amides is 2. The average Bonchev–Trinajstić information content (AvgIpc) is 2.47. The minimum absolute atomic E-state index is 0. The maximum atomic E-state index is 12.0. The van der Waals surface area contributed by atoms with Crippen LogP contribution in [0.4, 0.5) is 0 Å². The summed E-state index contributed by atoms with van der Waals surface area (Å²) in [4.78, 5) is 25.7. The van der Waals surface area contributed by atoms with Gasteiger partial charge in [-0.05, 0) is 32.2 Å². The predicted octanol–water partition coefficient (Wildman–Crippen LogP) is 1.56. The Labute approximate surface area is 134 Å². The van der Waals surface area contributed by atoms with Crippen LogP contribution in [-0.4, -0.2) is 49.4 Å². The van der Waals surface area contributed by atoms with Crippen LogP contribution in [0.5, 0.6) is 0 Å². The van der Waals surface area contributed by atoms with Gasteiger partial charge in [0, 0.05) is 38.5 Å². The molecule has 0 unspecified atom stereocenters. The number of nitrogens with one attached hydrogen (secondary N) is 2. The molecule has 0 atom stereocenters. The first-order chi connectivity index (χ1) is 9.69. The Morgan fingerprint density at radius 1 is 1.05 bits per heavy atom. The maximum absolute atomic E-state index is 12.0. The molecule has 1 aliphatic rings.